The van der Waals surface area contributed by atoms with Crippen molar-refractivity contribution in [2.24, 2.45) is 0 Å². The number of aryl methyl sites for hydroxylation is 1. The molecule has 0 aliphatic carbocycles. The summed E-state index contributed by atoms with van der Waals surface area (Å²) in [7, 11) is 0. The zero-order valence-corrected chi connectivity index (χ0v) is 23.7. The molecule has 0 unspecified atom stereocenters. The van der Waals surface area contributed by atoms with E-state index in [1.54, 1.807) is 0 Å². The monoisotopic (exact) mass is 565 g/mol. The molecule has 0 amide bonds. The lowest BCUT2D eigenvalue weighted by atomic mass is 10.0. The zero-order valence-electron chi connectivity index (χ0n) is 23.7. The highest BCUT2D eigenvalue weighted by molar-refractivity contribution is 6.30. The van der Waals surface area contributed by atoms with E-state index in [-0.39, 0.29) is 0 Å². The molecule has 206 valence electrons. The normalized spacial score (nSPS) is 12.2. The minimum Gasteiger partial charge on any atom is -0.439 e. The number of fused-ring (bicyclic) bond motifs is 13. The number of imidazole rings is 1. The molecular formula is C38H23N5O. The fourth-order valence-electron chi connectivity index (χ4n) is 6.98. The van der Waals surface area contributed by atoms with Crippen molar-refractivity contribution < 1.29 is 4.42 Å². The topological polar surface area (TPSA) is 61.2 Å². The van der Waals surface area contributed by atoms with Crippen molar-refractivity contribution in [2.45, 2.75) is 6.92 Å². The average molecular weight is 566 g/mol. The number of furan rings is 1. The third kappa shape index (κ3) is 3.01. The molecule has 6 heteroatoms. The first-order chi connectivity index (χ1) is 21.8. The van der Waals surface area contributed by atoms with E-state index in [1.807, 2.05) is 24.3 Å². The third-order valence-corrected chi connectivity index (χ3v) is 8.84. The molecule has 0 radical (unpaired) electrons. The van der Waals surface area contributed by atoms with E-state index in [1.165, 1.54) is 0 Å². The second-order valence-electron chi connectivity index (χ2n) is 11.3. The van der Waals surface area contributed by atoms with Gasteiger partial charge in [0.25, 0.3) is 0 Å². The number of hydrogen-bond acceptors (Lipinski definition) is 4. The summed E-state index contributed by atoms with van der Waals surface area (Å²) in [6.07, 6.45) is 0. The third-order valence-electron chi connectivity index (χ3n) is 8.84. The molecule has 0 atom stereocenters. The summed E-state index contributed by atoms with van der Waals surface area (Å²) in [5, 5.41) is 5.39. The number of benzene rings is 5. The first-order valence-electron chi connectivity index (χ1n) is 14.7. The molecule has 5 aromatic carbocycles. The molecule has 0 N–H and O–H groups in total. The van der Waals surface area contributed by atoms with Gasteiger partial charge in [-0.1, -0.05) is 91.0 Å². The van der Waals surface area contributed by atoms with E-state index >= 15 is 0 Å². The van der Waals surface area contributed by atoms with Crippen LogP contribution in [0.25, 0.3) is 88.7 Å². The maximum Gasteiger partial charge on any atom is 0.235 e. The first-order valence-corrected chi connectivity index (χ1v) is 14.7. The highest BCUT2D eigenvalue weighted by atomic mass is 16.3. The zero-order chi connectivity index (χ0) is 28.9. The molecule has 0 bridgehead atoms. The Kier molecular flexibility index (Phi) is 4.56. The molecule has 0 fully saturated rings. The minimum absolute atomic E-state index is 0.603. The molecule has 44 heavy (non-hydrogen) atoms. The van der Waals surface area contributed by atoms with Crippen LogP contribution in [0.3, 0.4) is 0 Å². The number of rotatable bonds is 2. The van der Waals surface area contributed by atoms with Gasteiger partial charge in [-0.2, -0.15) is 0 Å². The summed E-state index contributed by atoms with van der Waals surface area (Å²) in [5.41, 5.74) is 10.3. The summed E-state index contributed by atoms with van der Waals surface area (Å²) in [5.74, 6) is 0.603. The molecule has 5 heterocycles. The van der Waals surface area contributed by atoms with Gasteiger partial charge in [-0.25, -0.2) is 15.0 Å². The summed E-state index contributed by atoms with van der Waals surface area (Å²) < 4.78 is 11.1. The summed E-state index contributed by atoms with van der Waals surface area (Å²) in [4.78, 5) is 15.8. The molecule has 0 saturated carbocycles. The SMILES string of the molecule is Cc1cccc2oc3c(c12)c1c2ccccc2n(-c2nc(-c4ccccc4)c4ccccc4n2)c1c1nc2ccccc2n13. The van der Waals surface area contributed by atoms with Gasteiger partial charge in [0.1, 0.15) is 11.1 Å². The van der Waals surface area contributed by atoms with Crippen LogP contribution >= 0.6 is 0 Å². The molecule has 0 aliphatic heterocycles. The quantitative estimate of drug-likeness (QED) is 0.209. The molecule has 10 rings (SSSR count). The molecule has 0 spiro atoms. The lowest BCUT2D eigenvalue weighted by molar-refractivity contribution is 0.650. The number of aromatic nitrogens is 5. The van der Waals surface area contributed by atoms with Crippen LogP contribution < -0.4 is 0 Å². The van der Waals surface area contributed by atoms with Crippen LogP contribution in [-0.2, 0) is 0 Å². The lowest BCUT2D eigenvalue weighted by Gasteiger charge is -2.12. The predicted octanol–water partition coefficient (Wildman–Crippen LogP) is 9.40. The van der Waals surface area contributed by atoms with Crippen molar-refractivity contribution in [3.8, 4) is 17.2 Å². The predicted molar refractivity (Wildman–Crippen MR) is 178 cm³/mol. The van der Waals surface area contributed by atoms with Crippen LogP contribution in [0.2, 0.25) is 0 Å². The molecule has 0 saturated heterocycles. The molecule has 10 aromatic rings. The van der Waals surface area contributed by atoms with Crippen LogP contribution in [0.5, 0.6) is 0 Å². The van der Waals surface area contributed by atoms with Gasteiger partial charge < -0.3 is 4.42 Å². The Morgan fingerprint density at radius 3 is 2.16 bits per heavy atom. The standard InChI is InChI=1S/C38H23N5O/c1-22-12-11-21-30-31(22)33-32-25-16-6-9-19-28(25)42(35(32)36-39-27-18-8-10-20-29(27)43(36)37(33)44-30)38-40-26-17-7-5-15-24(26)34(41-38)23-13-3-2-4-14-23/h2-21H,1H3. The van der Waals surface area contributed by atoms with E-state index in [0.29, 0.717) is 5.95 Å². The molecule has 0 aliphatic rings. The second-order valence-corrected chi connectivity index (χ2v) is 11.3. The van der Waals surface area contributed by atoms with Crippen molar-refractivity contribution in [1.82, 2.24) is 23.9 Å². The summed E-state index contributed by atoms with van der Waals surface area (Å²) in [6, 6.07) is 41.6. The van der Waals surface area contributed by atoms with E-state index < -0.39 is 0 Å². The van der Waals surface area contributed by atoms with Gasteiger partial charge in [0, 0.05) is 27.1 Å². The highest BCUT2D eigenvalue weighted by Crippen LogP contribution is 2.44. The Morgan fingerprint density at radius 2 is 1.30 bits per heavy atom. The van der Waals surface area contributed by atoms with Crippen molar-refractivity contribution >= 4 is 71.5 Å². The van der Waals surface area contributed by atoms with E-state index in [0.717, 1.165) is 88.3 Å². The first kappa shape index (κ1) is 23.5. The molecular weight excluding hydrogens is 542 g/mol. The van der Waals surface area contributed by atoms with Crippen LogP contribution in [0, 0.1) is 6.92 Å². The van der Waals surface area contributed by atoms with Crippen molar-refractivity contribution in [2.75, 3.05) is 0 Å². The largest absolute Gasteiger partial charge is 0.439 e. The maximum absolute atomic E-state index is 6.70. The smallest absolute Gasteiger partial charge is 0.235 e. The van der Waals surface area contributed by atoms with Gasteiger partial charge in [-0.05, 0) is 42.8 Å². The maximum atomic E-state index is 6.70. The highest BCUT2D eigenvalue weighted by Gasteiger charge is 2.27. The number of hydrogen-bond donors (Lipinski definition) is 0. The van der Waals surface area contributed by atoms with Crippen LogP contribution in [0.4, 0.5) is 0 Å². The van der Waals surface area contributed by atoms with E-state index in [4.69, 9.17) is 19.4 Å². The van der Waals surface area contributed by atoms with E-state index in [2.05, 4.69) is 113 Å². The Balaban J connectivity index is 1.49. The fraction of sp³-hybridized carbons (Fsp3) is 0.0263. The van der Waals surface area contributed by atoms with Gasteiger partial charge in [-0.15, -0.1) is 0 Å². The van der Waals surface area contributed by atoms with Gasteiger partial charge >= 0.3 is 0 Å². The van der Waals surface area contributed by atoms with Crippen molar-refractivity contribution in [3.63, 3.8) is 0 Å². The molecule has 6 nitrogen and oxygen atoms in total. The van der Waals surface area contributed by atoms with Gasteiger partial charge in [-0.3, -0.25) is 8.97 Å². The number of para-hydroxylation sites is 4. The second kappa shape index (κ2) is 8.52. The minimum atomic E-state index is 0.603. The Morgan fingerprint density at radius 1 is 0.568 bits per heavy atom. The van der Waals surface area contributed by atoms with Crippen LogP contribution in [0.15, 0.2) is 126 Å². The molecule has 5 aromatic heterocycles. The van der Waals surface area contributed by atoms with Crippen LogP contribution in [0.1, 0.15) is 5.56 Å². The number of nitrogens with zero attached hydrogens (tertiary/aromatic N) is 5. The van der Waals surface area contributed by atoms with Gasteiger partial charge in [0.2, 0.25) is 11.7 Å². The Hall–Kier alpha value is -6.01. The fourth-order valence-corrected chi connectivity index (χ4v) is 6.98. The Bertz CT molecular complexity index is 2790. The van der Waals surface area contributed by atoms with Gasteiger partial charge in [0.05, 0.1) is 33.1 Å². The number of pyridine rings is 1. The Labute approximate surface area is 250 Å². The average Bonchev–Trinajstić information content (AvgIpc) is 3.75. The summed E-state index contributed by atoms with van der Waals surface area (Å²) in [6.45, 7) is 2.15. The lowest BCUT2D eigenvalue weighted by Crippen LogP contribution is -2.04. The van der Waals surface area contributed by atoms with Crippen molar-refractivity contribution in [3.05, 3.63) is 127 Å². The van der Waals surface area contributed by atoms with Gasteiger partial charge in [0.15, 0.2) is 5.65 Å². The van der Waals surface area contributed by atoms with Crippen LogP contribution in [-0.4, -0.2) is 23.9 Å². The van der Waals surface area contributed by atoms with E-state index in [9.17, 15) is 0 Å². The summed E-state index contributed by atoms with van der Waals surface area (Å²) >= 11 is 0. The van der Waals surface area contributed by atoms with Crippen molar-refractivity contribution in [1.29, 1.82) is 0 Å².